The first kappa shape index (κ1) is 15.9. The van der Waals surface area contributed by atoms with E-state index in [0.717, 1.165) is 11.1 Å². The maximum Gasteiger partial charge on any atom is 0.0595 e. The standard InChI is InChI=1S/C14H12Cl4N2/c15-9-2-4-11(16)10(7-9)14(20-19)6-8-1-3-12(17)13(18)5-8/h1-5,7,14,20H,6,19H2. The Hall–Kier alpha value is -0.480. The molecule has 2 nitrogen and oxygen atoms in total. The van der Waals surface area contributed by atoms with E-state index in [9.17, 15) is 0 Å². The molecule has 0 radical (unpaired) electrons. The Morgan fingerprint density at radius 2 is 1.60 bits per heavy atom. The Bertz CT molecular complexity index is 616. The van der Waals surface area contributed by atoms with Gasteiger partial charge in [-0.2, -0.15) is 0 Å². The predicted octanol–water partition coefficient (Wildman–Crippen LogP) is 5.05. The van der Waals surface area contributed by atoms with Gasteiger partial charge < -0.3 is 0 Å². The molecule has 2 aromatic rings. The predicted molar refractivity (Wildman–Crippen MR) is 86.7 cm³/mol. The van der Waals surface area contributed by atoms with Crippen molar-refractivity contribution in [2.24, 2.45) is 5.84 Å². The molecule has 2 aromatic carbocycles. The van der Waals surface area contributed by atoms with Crippen LogP contribution in [0.2, 0.25) is 20.1 Å². The number of nitrogens with two attached hydrogens (primary N) is 1. The number of rotatable bonds is 4. The lowest BCUT2D eigenvalue weighted by atomic mass is 9.99. The minimum Gasteiger partial charge on any atom is -0.271 e. The van der Waals surface area contributed by atoms with E-state index in [2.05, 4.69) is 5.43 Å². The van der Waals surface area contributed by atoms with Crippen LogP contribution in [0.4, 0.5) is 0 Å². The summed E-state index contributed by atoms with van der Waals surface area (Å²) in [5.41, 5.74) is 4.59. The molecule has 2 rings (SSSR count). The number of benzene rings is 2. The first-order valence-electron chi connectivity index (χ1n) is 5.86. The van der Waals surface area contributed by atoms with Crippen LogP contribution in [0.3, 0.4) is 0 Å². The largest absolute Gasteiger partial charge is 0.271 e. The Balaban J connectivity index is 2.28. The lowest BCUT2D eigenvalue weighted by Gasteiger charge is -2.18. The van der Waals surface area contributed by atoms with Crippen molar-refractivity contribution in [1.29, 1.82) is 0 Å². The van der Waals surface area contributed by atoms with Crippen LogP contribution < -0.4 is 11.3 Å². The van der Waals surface area contributed by atoms with E-state index in [1.165, 1.54) is 0 Å². The monoisotopic (exact) mass is 348 g/mol. The molecule has 0 bridgehead atoms. The van der Waals surface area contributed by atoms with Crippen LogP contribution in [0, 0.1) is 0 Å². The van der Waals surface area contributed by atoms with E-state index >= 15 is 0 Å². The van der Waals surface area contributed by atoms with Gasteiger partial charge in [0.1, 0.15) is 0 Å². The molecular formula is C14H12Cl4N2. The van der Waals surface area contributed by atoms with Gasteiger partial charge in [-0.25, -0.2) is 0 Å². The SMILES string of the molecule is NNC(Cc1ccc(Cl)c(Cl)c1)c1cc(Cl)ccc1Cl. The number of halogens is 4. The van der Waals surface area contributed by atoms with E-state index in [1.807, 2.05) is 12.1 Å². The number of hydrogen-bond donors (Lipinski definition) is 2. The highest BCUT2D eigenvalue weighted by molar-refractivity contribution is 6.42. The second-order valence-corrected chi connectivity index (χ2v) is 6.00. The van der Waals surface area contributed by atoms with Crippen molar-refractivity contribution in [1.82, 2.24) is 5.43 Å². The molecule has 6 heteroatoms. The van der Waals surface area contributed by atoms with E-state index in [4.69, 9.17) is 52.2 Å². The summed E-state index contributed by atoms with van der Waals surface area (Å²) in [6.07, 6.45) is 0.619. The summed E-state index contributed by atoms with van der Waals surface area (Å²) in [6.45, 7) is 0. The van der Waals surface area contributed by atoms with Crippen LogP contribution in [-0.2, 0) is 6.42 Å². The summed E-state index contributed by atoms with van der Waals surface area (Å²) in [4.78, 5) is 0. The third kappa shape index (κ3) is 3.79. The lowest BCUT2D eigenvalue weighted by Crippen LogP contribution is -2.29. The van der Waals surface area contributed by atoms with Crippen LogP contribution in [0.1, 0.15) is 17.2 Å². The Kier molecular flexibility index (Phi) is 5.56. The summed E-state index contributed by atoms with van der Waals surface area (Å²) in [6, 6.07) is 10.6. The van der Waals surface area contributed by atoms with Gasteiger partial charge in [0.15, 0.2) is 0 Å². The van der Waals surface area contributed by atoms with Crippen molar-refractivity contribution in [3.8, 4) is 0 Å². The molecule has 0 aliphatic rings. The number of hydrazine groups is 1. The Labute approximate surface area is 137 Å². The van der Waals surface area contributed by atoms with Crippen LogP contribution in [0.25, 0.3) is 0 Å². The average Bonchev–Trinajstić information content (AvgIpc) is 2.43. The normalized spacial score (nSPS) is 12.4. The van der Waals surface area contributed by atoms with Crippen LogP contribution in [0.15, 0.2) is 36.4 Å². The molecule has 0 saturated heterocycles. The van der Waals surface area contributed by atoms with Crippen molar-refractivity contribution in [2.75, 3.05) is 0 Å². The molecule has 0 aromatic heterocycles. The van der Waals surface area contributed by atoms with Crippen molar-refractivity contribution >= 4 is 46.4 Å². The van der Waals surface area contributed by atoms with E-state index in [-0.39, 0.29) is 6.04 Å². The van der Waals surface area contributed by atoms with Gasteiger partial charge in [-0.3, -0.25) is 11.3 Å². The van der Waals surface area contributed by atoms with Gasteiger partial charge in [-0.15, -0.1) is 0 Å². The molecular weight excluding hydrogens is 338 g/mol. The summed E-state index contributed by atoms with van der Waals surface area (Å²) in [5, 5.41) is 2.25. The summed E-state index contributed by atoms with van der Waals surface area (Å²) < 4.78 is 0. The minimum atomic E-state index is -0.168. The van der Waals surface area contributed by atoms with Gasteiger partial charge in [0, 0.05) is 10.0 Å². The highest BCUT2D eigenvalue weighted by Crippen LogP contribution is 2.30. The third-order valence-corrected chi connectivity index (χ3v) is 4.28. The summed E-state index contributed by atoms with van der Waals surface area (Å²) in [5.74, 6) is 5.63. The van der Waals surface area contributed by atoms with Crippen molar-refractivity contribution in [3.05, 3.63) is 67.6 Å². The molecule has 106 valence electrons. The Morgan fingerprint density at radius 3 is 2.25 bits per heavy atom. The molecule has 0 aliphatic carbocycles. The van der Waals surface area contributed by atoms with Crippen LogP contribution in [0.5, 0.6) is 0 Å². The van der Waals surface area contributed by atoms with Gasteiger partial charge in [-0.1, -0.05) is 52.5 Å². The minimum absolute atomic E-state index is 0.168. The zero-order valence-electron chi connectivity index (χ0n) is 10.3. The van der Waals surface area contributed by atoms with Crippen LogP contribution in [-0.4, -0.2) is 0 Å². The zero-order valence-corrected chi connectivity index (χ0v) is 13.4. The molecule has 3 N–H and O–H groups in total. The topological polar surface area (TPSA) is 38.0 Å². The molecule has 1 atom stereocenters. The molecule has 0 heterocycles. The molecule has 0 aliphatic heterocycles. The molecule has 0 fully saturated rings. The fraction of sp³-hybridized carbons (Fsp3) is 0.143. The first-order valence-corrected chi connectivity index (χ1v) is 7.37. The van der Waals surface area contributed by atoms with E-state index in [0.29, 0.717) is 26.5 Å². The molecule has 1 unspecified atom stereocenters. The Morgan fingerprint density at radius 1 is 0.900 bits per heavy atom. The van der Waals surface area contributed by atoms with Gasteiger partial charge in [0.2, 0.25) is 0 Å². The highest BCUT2D eigenvalue weighted by Gasteiger charge is 2.15. The smallest absolute Gasteiger partial charge is 0.0595 e. The molecule has 0 amide bonds. The molecule has 20 heavy (non-hydrogen) atoms. The number of hydrogen-bond acceptors (Lipinski definition) is 2. The zero-order chi connectivity index (χ0) is 14.7. The van der Waals surface area contributed by atoms with Crippen molar-refractivity contribution < 1.29 is 0 Å². The fourth-order valence-electron chi connectivity index (χ4n) is 1.94. The van der Waals surface area contributed by atoms with E-state index in [1.54, 1.807) is 24.3 Å². The number of nitrogens with one attached hydrogen (secondary N) is 1. The maximum atomic E-state index is 6.19. The van der Waals surface area contributed by atoms with Gasteiger partial charge >= 0.3 is 0 Å². The average molecular weight is 350 g/mol. The molecule has 0 spiro atoms. The van der Waals surface area contributed by atoms with E-state index < -0.39 is 0 Å². The third-order valence-electron chi connectivity index (χ3n) is 2.96. The van der Waals surface area contributed by atoms with Crippen molar-refractivity contribution in [3.63, 3.8) is 0 Å². The van der Waals surface area contributed by atoms with Gasteiger partial charge in [0.05, 0.1) is 16.1 Å². The maximum absolute atomic E-state index is 6.19. The second kappa shape index (κ2) is 6.99. The quantitative estimate of drug-likeness (QED) is 0.598. The van der Waals surface area contributed by atoms with Gasteiger partial charge in [0.25, 0.3) is 0 Å². The van der Waals surface area contributed by atoms with Crippen molar-refractivity contribution in [2.45, 2.75) is 12.5 Å². The summed E-state index contributed by atoms with van der Waals surface area (Å²) in [7, 11) is 0. The molecule has 0 saturated carbocycles. The van der Waals surface area contributed by atoms with Crippen LogP contribution >= 0.6 is 46.4 Å². The second-order valence-electron chi connectivity index (χ2n) is 4.34. The highest BCUT2D eigenvalue weighted by atomic mass is 35.5. The van der Waals surface area contributed by atoms with Gasteiger partial charge in [-0.05, 0) is 47.9 Å². The first-order chi connectivity index (χ1) is 9.51. The summed E-state index contributed by atoms with van der Waals surface area (Å²) >= 11 is 24.1. The fourth-order valence-corrected chi connectivity index (χ4v) is 2.69. The lowest BCUT2D eigenvalue weighted by molar-refractivity contribution is 0.552.